The van der Waals surface area contributed by atoms with E-state index < -0.39 is 0 Å². The molecule has 2 aromatic rings. The molecule has 1 aromatic carbocycles. The number of hydrogen-bond acceptors (Lipinski definition) is 1. The molecule has 19 heavy (non-hydrogen) atoms. The highest BCUT2D eigenvalue weighted by molar-refractivity contribution is 5.84. The van der Waals surface area contributed by atoms with Gasteiger partial charge in [-0.1, -0.05) is 18.9 Å². The fourth-order valence-electron chi connectivity index (χ4n) is 2.97. The van der Waals surface area contributed by atoms with Gasteiger partial charge in [-0.25, -0.2) is 0 Å². The number of benzene rings is 1. The number of rotatable bonds is 3. The maximum atomic E-state index is 12.0. The Morgan fingerprint density at radius 1 is 1.32 bits per heavy atom. The molecule has 0 spiro atoms. The molecule has 3 heteroatoms. The Morgan fingerprint density at radius 3 is 2.89 bits per heavy atom. The third-order valence-electron chi connectivity index (χ3n) is 3.90. The zero-order valence-corrected chi connectivity index (χ0v) is 11.3. The summed E-state index contributed by atoms with van der Waals surface area (Å²) in [5.41, 5.74) is 3.38. The van der Waals surface area contributed by atoms with Crippen LogP contribution in [0.1, 0.15) is 36.9 Å². The van der Waals surface area contributed by atoms with Crippen LogP contribution in [-0.4, -0.2) is 16.9 Å². The highest BCUT2D eigenvalue weighted by Crippen LogP contribution is 2.19. The van der Waals surface area contributed by atoms with Crippen molar-refractivity contribution < 1.29 is 4.79 Å². The summed E-state index contributed by atoms with van der Waals surface area (Å²) in [6, 6.07) is 8.72. The van der Waals surface area contributed by atoms with Gasteiger partial charge in [0.15, 0.2) is 0 Å². The van der Waals surface area contributed by atoms with E-state index in [4.69, 9.17) is 0 Å². The summed E-state index contributed by atoms with van der Waals surface area (Å²) in [6.45, 7) is 2.05. The zero-order chi connectivity index (χ0) is 13.2. The molecule has 1 saturated carbocycles. The van der Waals surface area contributed by atoms with Gasteiger partial charge in [-0.3, -0.25) is 4.79 Å². The molecular formula is C16H20N2O. The second-order valence-corrected chi connectivity index (χ2v) is 5.60. The molecule has 1 heterocycles. The first kappa shape index (κ1) is 12.3. The Kier molecular flexibility index (Phi) is 3.28. The topological polar surface area (TPSA) is 44.9 Å². The van der Waals surface area contributed by atoms with Gasteiger partial charge in [-0.15, -0.1) is 0 Å². The molecule has 0 saturated heterocycles. The Morgan fingerprint density at radius 2 is 2.11 bits per heavy atom. The average molecular weight is 256 g/mol. The number of aromatic amines is 1. The van der Waals surface area contributed by atoms with Gasteiger partial charge in [-0.05, 0) is 48.9 Å². The number of hydrogen-bond donors (Lipinski definition) is 2. The smallest absolute Gasteiger partial charge is 0.224 e. The van der Waals surface area contributed by atoms with Crippen molar-refractivity contribution in [1.29, 1.82) is 0 Å². The van der Waals surface area contributed by atoms with Crippen LogP contribution >= 0.6 is 0 Å². The number of H-pyrrole nitrogens is 1. The van der Waals surface area contributed by atoms with Crippen molar-refractivity contribution in [3.63, 3.8) is 0 Å². The SMILES string of the molecule is Cc1cc2cc(CC(=O)NC3CCCC3)ccc2[nH]1. The van der Waals surface area contributed by atoms with E-state index in [1.165, 1.54) is 18.2 Å². The molecule has 1 aromatic heterocycles. The van der Waals surface area contributed by atoms with Crippen LogP contribution in [0.5, 0.6) is 0 Å². The van der Waals surface area contributed by atoms with Crippen LogP contribution in [0.25, 0.3) is 10.9 Å². The van der Waals surface area contributed by atoms with E-state index in [2.05, 4.69) is 28.5 Å². The Bertz CT molecular complexity index is 594. The quantitative estimate of drug-likeness (QED) is 0.871. The fraction of sp³-hybridized carbons (Fsp3) is 0.438. The molecule has 1 fully saturated rings. The lowest BCUT2D eigenvalue weighted by Gasteiger charge is -2.11. The molecule has 0 bridgehead atoms. The van der Waals surface area contributed by atoms with E-state index in [1.807, 2.05) is 13.0 Å². The molecule has 0 radical (unpaired) electrons. The van der Waals surface area contributed by atoms with Crippen LogP contribution in [0.3, 0.4) is 0 Å². The Hall–Kier alpha value is -1.77. The van der Waals surface area contributed by atoms with Crippen LogP contribution in [0.15, 0.2) is 24.3 Å². The van der Waals surface area contributed by atoms with Crippen LogP contribution in [-0.2, 0) is 11.2 Å². The van der Waals surface area contributed by atoms with Crippen molar-refractivity contribution in [2.75, 3.05) is 0 Å². The minimum Gasteiger partial charge on any atom is -0.359 e. The summed E-state index contributed by atoms with van der Waals surface area (Å²) in [6.07, 6.45) is 5.26. The predicted octanol–water partition coefficient (Wildman–Crippen LogP) is 3.08. The standard InChI is InChI=1S/C16H20N2O/c1-11-8-13-9-12(6-7-15(13)17-11)10-16(19)18-14-4-2-3-5-14/h6-9,14,17H,2-5,10H2,1H3,(H,18,19). The van der Waals surface area contributed by atoms with Crippen molar-refractivity contribution in [3.8, 4) is 0 Å². The molecular weight excluding hydrogens is 236 g/mol. The lowest BCUT2D eigenvalue weighted by molar-refractivity contribution is -0.121. The molecule has 3 rings (SSSR count). The number of nitrogens with one attached hydrogen (secondary N) is 2. The Labute approximate surface area is 113 Å². The largest absolute Gasteiger partial charge is 0.359 e. The number of carbonyl (C=O) groups is 1. The summed E-state index contributed by atoms with van der Waals surface area (Å²) in [5, 5.41) is 4.32. The second kappa shape index (κ2) is 5.08. The van der Waals surface area contributed by atoms with Gasteiger partial charge in [0.25, 0.3) is 0 Å². The first-order chi connectivity index (χ1) is 9.20. The molecule has 1 amide bonds. The van der Waals surface area contributed by atoms with E-state index in [1.54, 1.807) is 0 Å². The molecule has 3 nitrogen and oxygen atoms in total. The minimum absolute atomic E-state index is 0.151. The second-order valence-electron chi connectivity index (χ2n) is 5.60. The van der Waals surface area contributed by atoms with Gasteiger partial charge in [0.2, 0.25) is 5.91 Å². The van der Waals surface area contributed by atoms with Gasteiger partial charge in [0.1, 0.15) is 0 Å². The molecule has 0 unspecified atom stereocenters. The van der Waals surface area contributed by atoms with Crippen molar-refractivity contribution in [2.24, 2.45) is 0 Å². The first-order valence-electron chi connectivity index (χ1n) is 7.08. The number of amides is 1. The Balaban J connectivity index is 1.68. The van der Waals surface area contributed by atoms with Crippen LogP contribution in [0.2, 0.25) is 0 Å². The maximum Gasteiger partial charge on any atom is 0.224 e. The highest BCUT2D eigenvalue weighted by Gasteiger charge is 2.17. The normalized spacial score (nSPS) is 16.1. The number of aromatic nitrogens is 1. The van der Waals surface area contributed by atoms with Crippen molar-refractivity contribution >= 4 is 16.8 Å². The predicted molar refractivity (Wildman–Crippen MR) is 77.1 cm³/mol. The molecule has 2 N–H and O–H groups in total. The molecule has 0 aliphatic heterocycles. The number of fused-ring (bicyclic) bond motifs is 1. The summed E-state index contributed by atoms with van der Waals surface area (Å²) in [5.74, 6) is 0.151. The lowest BCUT2D eigenvalue weighted by atomic mass is 10.1. The lowest BCUT2D eigenvalue weighted by Crippen LogP contribution is -2.33. The summed E-state index contributed by atoms with van der Waals surface area (Å²) in [4.78, 5) is 15.3. The molecule has 1 aliphatic carbocycles. The minimum atomic E-state index is 0.151. The maximum absolute atomic E-state index is 12.0. The monoisotopic (exact) mass is 256 g/mol. The third-order valence-corrected chi connectivity index (χ3v) is 3.90. The van der Waals surface area contributed by atoms with E-state index >= 15 is 0 Å². The zero-order valence-electron chi connectivity index (χ0n) is 11.3. The van der Waals surface area contributed by atoms with E-state index in [0.29, 0.717) is 12.5 Å². The molecule has 0 atom stereocenters. The highest BCUT2D eigenvalue weighted by atomic mass is 16.1. The van der Waals surface area contributed by atoms with Gasteiger partial charge in [0, 0.05) is 17.3 Å². The number of carbonyl (C=O) groups excluding carboxylic acids is 1. The summed E-state index contributed by atoms with van der Waals surface area (Å²) >= 11 is 0. The van der Waals surface area contributed by atoms with E-state index in [0.717, 1.165) is 29.6 Å². The van der Waals surface area contributed by atoms with Crippen molar-refractivity contribution in [1.82, 2.24) is 10.3 Å². The van der Waals surface area contributed by atoms with Crippen LogP contribution < -0.4 is 5.32 Å². The van der Waals surface area contributed by atoms with Crippen molar-refractivity contribution in [2.45, 2.75) is 45.1 Å². The van der Waals surface area contributed by atoms with Crippen LogP contribution in [0, 0.1) is 6.92 Å². The van der Waals surface area contributed by atoms with Gasteiger partial charge in [0.05, 0.1) is 6.42 Å². The molecule has 100 valence electrons. The van der Waals surface area contributed by atoms with Crippen molar-refractivity contribution in [3.05, 3.63) is 35.5 Å². The summed E-state index contributed by atoms with van der Waals surface area (Å²) < 4.78 is 0. The van der Waals surface area contributed by atoms with Gasteiger partial charge in [-0.2, -0.15) is 0 Å². The van der Waals surface area contributed by atoms with E-state index in [-0.39, 0.29) is 5.91 Å². The third kappa shape index (κ3) is 2.80. The fourth-order valence-corrected chi connectivity index (χ4v) is 2.97. The van der Waals surface area contributed by atoms with Gasteiger partial charge < -0.3 is 10.3 Å². The van der Waals surface area contributed by atoms with Crippen LogP contribution in [0.4, 0.5) is 0 Å². The molecule has 1 aliphatic rings. The first-order valence-corrected chi connectivity index (χ1v) is 7.08. The number of aryl methyl sites for hydroxylation is 1. The summed E-state index contributed by atoms with van der Waals surface area (Å²) in [7, 11) is 0. The van der Waals surface area contributed by atoms with E-state index in [9.17, 15) is 4.79 Å². The average Bonchev–Trinajstić information content (AvgIpc) is 2.96. The van der Waals surface area contributed by atoms with Gasteiger partial charge >= 0.3 is 0 Å².